The minimum absolute atomic E-state index is 0.110. The van der Waals surface area contributed by atoms with E-state index < -0.39 is 6.04 Å². The number of benzene rings is 3. The van der Waals surface area contributed by atoms with Crippen LogP contribution in [0, 0.1) is 11.3 Å². The quantitative estimate of drug-likeness (QED) is 0.480. The number of imidazole rings is 1. The Morgan fingerprint density at radius 3 is 2.50 bits per heavy atom. The first-order chi connectivity index (χ1) is 16.6. The minimum Gasteiger partial charge on any atom is -0.340 e. The minimum atomic E-state index is -0.691. The fourth-order valence-electron chi connectivity index (χ4n) is 4.54. The summed E-state index contributed by atoms with van der Waals surface area (Å²) in [6.45, 7) is 0.488. The summed E-state index contributed by atoms with van der Waals surface area (Å²) >= 11 is 0. The summed E-state index contributed by atoms with van der Waals surface area (Å²) in [6.07, 6.45) is 2.90. The second-order valence-electron chi connectivity index (χ2n) is 8.62. The number of rotatable bonds is 5. The van der Waals surface area contributed by atoms with Crippen molar-refractivity contribution >= 4 is 5.91 Å². The van der Waals surface area contributed by atoms with Gasteiger partial charge in [0.05, 0.1) is 35.6 Å². The molecule has 0 aliphatic carbocycles. The van der Waals surface area contributed by atoms with Crippen LogP contribution in [0.3, 0.4) is 0 Å². The monoisotopic (exact) mass is 447 g/mol. The van der Waals surface area contributed by atoms with Crippen molar-refractivity contribution in [3.8, 4) is 17.3 Å². The van der Waals surface area contributed by atoms with E-state index in [9.17, 15) is 4.79 Å². The molecule has 0 saturated heterocycles. The van der Waals surface area contributed by atoms with Crippen molar-refractivity contribution in [3.05, 3.63) is 113 Å². The van der Waals surface area contributed by atoms with Crippen molar-refractivity contribution in [1.82, 2.24) is 14.9 Å². The third kappa shape index (κ3) is 4.34. The zero-order valence-corrected chi connectivity index (χ0v) is 18.7. The molecule has 2 atom stereocenters. The molecule has 0 radical (unpaired) electrons. The van der Waals surface area contributed by atoms with Gasteiger partial charge in [-0.05, 0) is 40.8 Å². The van der Waals surface area contributed by atoms with Gasteiger partial charge in [-0.2, -0.15) is 5.26 Å². The number of amides is 1. The number of aromatic nitrogens is 2. The van der Waals surface area contributed by atoms with Crippen LogP contribution in [-0.4, -0.2) is 26.8 Å². The molecule has 1 amide bonds. The lowest BCUT2D eigenvalue weighted by atomic mass is 9.92. The Hall–Kier alpha value is -4.21. The number of carbonyl (C=O) groups is 1. The maximum Gasteiger partial charge on any atom is 0.240 e. The van der Waals surface area contributed by atoms with Gasteiger partial charge in [-0.1, -0.05) is 66.7 Å². The Bertz CT molecular complexity index is 1340. The molecule has 0 spiro atoms. The first-order valence-electron chi connectivity index (χ1n) is 11.3. The van der Waals surface area contributed by atoms with Gasteiger partial charge in [-0.15, -0.1) is 0 Å². The lowest BCUT2D eigenvalue weighted by Crippen LogP contribution is -2.48. The van der Waals surface area contributed by atoms with E-state index >= 15 is 0 Å². The molecule has 5 rings (SSSR count). The van der Waals surface area contributed by atoms with Gasteiger partial charge in [0.1, 0.15) is 5.82 Å². The maximum absolute atomic E-state index is 13.6. The van der Waals surface area contributed by atoms with Gasteiger partial charge in [0.25, 0.3) is 0 Å². The standard InChI is InChI=1S/C28H25N5O/c29-16-20-12-10-19(11-13-20)14-24(30)28(34)33-18-23-9-5-4-8-22(23)15-26(33)27-31-17-25(32-27)21-6-2-1-3-7-21/h1-13,17,24,26H,14-15,18,30H2,(H,31,32)/t24-,26-/m0/s1. The molecule has 0 saturated carbocycles. The number of H-pyrrole nitrogens is 1. The Labute approximate surface area is 198 Å². The molecule has 168 valence electrons. The van der Waals surface area contributed by atoms with Crippen molar-refractivity contribution in [2.24, 2.45) is 5.73 Å². The predicted molar refractivity (Wildman–Crippen MR) is 130 cm³/mol. The van der Waals surface area contributed by atoms with Crippen LogP contribution in [-0.2, 0) is 24.2 Å². The highest BCUT2D eigenvalue weighted by Crippen LogP contribution is 2.33. The Morgan fingerprint density at radius 2 is 1.76 bits per heavy atom. The zero-order chi connectivity index (χ0) is 23.5. The van der Waals surface area contributed by atoms with E-state index in [2.05, 4.69) is 28.2 Å². The van der Waals surface area contributed by atoms with E-state index in [1.807, 2.05) is 65.7 Å². The number of nitrogens with zero attached hydrogens (tertiary/aromatic N) is 3. The Balaban J connectivity index is 1.43. The normalized spacial score (nSPS) is 15.9. The number of fused-ring (bicyclic) bond motifs is 1. The lowest BCUT2D eigenvalue weighted by molar-refractivity contribution is -0.136. The van der Waals surface area contributed by atoms with Crippen molar-refractivity contribution in [1.29, 1.82) is 5.26 Å². The summed E-state index contributed by atoms with van der Waals surface area (Å²) in [4.78, 5) is 23.6. The van der Waals surface area contributed by atoms with Crippen LogP contribution in [0.1, 0.15) is 34.1 Å². The van der Waals surface area contributed by atoms with Crippen LogP contribution >= 0.6 is 0 Å². The summed E-state index contributed by atoms with van der Waals surface area (Å²) in [5, 5.41) is 9.02. The summed E-state index contributed by atoms with van der Waals surface area (Å²) in [6, 6.07) is 26.6. The molecule has 3 aromatic carbocycles. The second kappa shape index (κ2) is 9.34. The highest BCUT2D eigenvalue weighted by molar-refractivity contribution is 5.82. The first-order valence-corrected chi connectivity index (χ1v) is 11.3. The molecular formula is C28H25N5O. The van der Waals surface area contributed by atoms with Gasteiger partial charge in [0.2, 0.25) is 5.91 Å². The molecular weight excluding hydrogens is 422 g/mol. The van der Waals surface area contributed by atoms with E-state index in [0.29, 0.717) is 24.9 Å². The molecule has 1 aliphatic heterocycles. The van der Waals surface area contributed by atoms with E-state index in [1.165, 1.54) is 5.56 Å². The molecule has 3 N–H and O–H groups in total. The molecule has 4 aromatic rings. The molecule has 6 nitrogen and oxygen atoms in total. The van der Waals surface area contributed by atoms with Crippen LogP contribution < -0.4 is 5.73 Å². The smallest absolute Gasteiger partial charge is 0.240 e. The third-order valence-corrected chi connectivity index (χ3v) is 6.38. The number of nitrogens with one attached hydrogen (secondary N) is 1. The van der Waals surface area contributed by atoms with Crippen molar-refractivity contribution < 1.29 is 4.79 Å². The summed E-state index contributed by atoms with van der Waals surface area (Å²) < 4.78 is 0. The highest BCUT2D eigenvalue weighted by Gasteiger charge is 2.35. The first kappa shape index (κ1) is 21.6. The van der Waals surface area contributed by atoms with Gasteiger partial charge in [0, 0.05) is 13.0 Å². The van der Waals surface area contributed by atoms with Crippen LogP contribution in [0.4, 0.5) is 0 Å². The number of nitriles is 1. The van der Waals surface area contributed by atoms with E-state index in [-0.39, 0.29) is 11.9 Å². The van der Waals surface area contributed by atoms with Crippen molar-refractivity contribution in [2.75, 3.05) is 0 Å². The topological polar surface area (TPSA) is 98.8 Å². The van der Waals surface area contributed by atoms with E-state index in [4.69, 9.17) is 11.0 Å². The SMILES string of the molecule is N#Cc1ccc(C[C@H](N)C(=O)N2Cc3ccccc3C[C@H]2c2ncc(-c3ccccc3)[nH]2)cc1. The summed E-state index contributed by atoms with van der Waals surface area (Å²) in [5.41, 5.74) is 12.3. The molecule has 6 heteroatoms. The largest absolute Gasteiger partial charge is 0.340 e. The lowest BCUT2D eigenvalue weighted by Gasteiger charge is -2.37. The molecule has 2 heterocycles. The van der Waals surface area contributed by atoms with Gasteiger partial charge >= 0.3 is 0 Å². The number of hydrogen-bond donors (Lipinski definition) is 2. The van der Waals surface area contributed by atoms with Crippen molar-refractivity contribution in [2.45, 2.75) is 31.5 Å². The molecule has 0 unspecified atom stereocenters. The fraction of sp³-hybridized carbons (Fsp3) is 0.179. The van der Waals surface area contributed by atoms with Crippen LogP contribution in [0.25, 0.3) is 11.3 Å². The van der Waals surface area contributed by atoms with Crippen LogP contribution in [0.15, 0.2) is 85.1 Å². The van der Waals surface area contributed by atoms with Gasteiger partial charge < -0.3 is 15.6 Å². The van der Waals surface area contributed by atoms with Gasteiger partial charge in [-0.3, -0.25) is 4.79 Å². The second-order valence-corrected chi connectivity index (χ2v) is 8.62. The summed E-state index contributed by atoms with van der Waals surface area (Å²) in [7, 11) is 0. The van der Waals surface area contributed by atoms with Crippen LogP contribution in [0.5, 0.6) is 0 Å². The number of nitrogens with two attached hydrogens (primary N) is 1. The van der Waals surface area contributed by atoms with E-state index in [0.717, 1.165) is 28.2 Å². The van der Waals surface area contributed by atoms with Gasteiger partial charge in [-0.25, -0.2) is 4.98 Å². The number of hydrogen-bond acceptors (Lipinski definition) is 4. The Morgan fingerprint density at radius 1 is 1.06 bits per heavy atom. The summed E-state index contributed by atoms with van der Waals surface area (Å²) in [5.74, 6) is 0.647. The third-order valence-electron chi connectivity index (χ3n) is 6.38. The molecule has 34 heavy (non-hydrogen) atoms. The molecule has 0 bridgehead atoms. The molecule has 1 aliphatic rings. The van der Waals surface area contributed by atoms with Crippen LogP contribution in [0.2, 0.25) is 0 Å². The van der Waals surface area contributed by atoms with Crippen molar-refractivity contribution in [3.63, 3.8) is 0 Å². The predicted octanol–water partition coefficient (Wildman–Crippen LogP) is 4.14. The average Bonchev–Trinajstić information content (AvgIpc) is 3.39. The average molecular weight is 448 g/mol. The fourth-order valence-corrected chi connectivity index (χ4v) is 4.54. The van der Waals surface area contributed by atoms with E-state index in [1.54, 1.807) is 12.1 Å². The molecule has 1 aromatic heterocycles. The Kier molecular flexibility index (Phi) is 5.94. The number of aromatic amines is 1. The number of carbonyl (C=O) groups excluding carboxylic acids is 1. The van der Waals surface area contributed by atoms with Gasteiger partial charge in [0.15, 0.2) is 0 Å². The zero-order valence-electron chi connectivity index (χ0n) is 18.7. The molecule has 0 fully saturated rings. The maximum atomic E-state index is 13.6. The highest BCUT2D eigenvalue weighted by atomic mass is 16.2.